The summed E-state index contributed by atoms with van der Waals surface area (Å²) in [6.45, 7) is 3.75. The first-order valence-electron chi connectivity index (χ1n) is 6.95. The van der Waals surface area contributed by atoms with E-state index in [1.165, 1.54) is 7.11 Å². The van der Waals surface area contributed by atoms with Crippen molar-refractivity contribution in [1.29, 1.82) is 0 Å². The van der Waals surface area contributed by atoms with Crippen molar-refractivity contribution in [2.75, 3.05) is 12.4 Å². The highest BCUT2D eigenvalue weighted by molar-refractivity contribution is 7.80. The van der Waals surface area contributed by atoms with Crippen molar-refractivity contribution in [2.45, 2.75) is 13.8 Å². The quantitative estimate of drug-likeness (QED) is 0.820. The molecule has 0 saturated heterocycles. The predicted octanol–water partition coefficient (Wildman–Crippen LogP) is 4.09. The van der Waals surface area contributed by atoms with Gasteiger partial charge in [0.05, 0.1) is 12.7 Å². The fourth-order valence-corrected chi connectivity index (χ4v) is 2.55. The van der Waals surface area contributed by atoms with Crippen LogP contribution in [0.25, 0.3) is 0 Å². The van der Waals surface area contributed by atoms with Crippen LogP contribution in [-0.4, -0.2) is 18.1 Å². The van der Waals surface area contributed by atoms with Crippen molar-refractivity contribution in [2.24, 2.45) is 0 Å². The highest BCUT2D eigenvalue weighted by atomic mass is 35.5. The van der Waals surface area contributed by atoms with Crippen LogP contribution in [0.15, 0.2) is 36.4 Å². The maximum atomic E-state index is 12.4. The molecule has 0 aromatic heterocycles. The van der Waals surface area contributed by atoms with Gasteiger partial charge >= 0.3 is 0 Å². The number of hydrogen-bond donors (Lipinski definition) is 2. The standard InChI is InChI=1S/C17H17ClN2O2S/c1-10-6-4-7-12(15(10)22-3)16(21)20-17(23)19-14-9-5-8-13(18)11(14)2/h4-9H,1-3H3,(H2,19,20,21,23). The second kappa shape index (κ2) is 7.44. The molecule has 0 spiro atoms. The van der Waals surface area contributed by atoms with Crippen molar-refractivity contribution in [3.05, 3.63) is 58.1 Å². The van der Waals surface area contributed by atoms with Crippen molar-refractivity contribution >= 4 is 40.5 Å². The number of ether oxygens (including phenoxy) is 1. The molecule has 120 valence electrons. The molecule has 0 radical (unpaired) electrons. The van der Waals surface area contributed by atoms with Gasteiger partial charge in [0.25, 0.3) is 5.91 Å². The number of carbonyl (C=O) groups excluding carboxylic acids is 1. The number of aryl methyl sites for hydroxylation is 1. The minimum atomic E-state index is -0.331. The molecule has 0 aliphatic carbocycles. The Balaban J connectivity index is 2.13. The largest absolute Gasteiger partial charge is 0.496 e. The van der Waals surface area contributed by atoms with Gasteiger partial charge in [-0.25, -0.2) is 0 Å². The predicted molar refractivity (Wildman–Crippen MR) is 97.6 cm³/mol. The van der Waals surface area contributed by atoms with E-state index in [1.807, 2.05) is 32.0 Å². The number of thiocarbonyl (C=S) groups is 1. The van der Waals surface area contributed by atoms with Crippen LogP contribution in [-0.2, 0) is 0 Å². The number of benzene rings is 2. The third kappa shape index (κ3) is 4.00. The molecule has 4 nitrogen and oxygen atoms in total. The molecule has 0 bridgehead atoms. The first-order valence-corrected chi connectivity index (χ1v) is 7.73. The van der Waals surface area contributed by atoms with Crippen molar-refractivity contribution in [3.8, 4) is 5.75 Å². The van der Waals surface area contributed by atoms with E-state index in [0.717, 1.165) is 16.8 Å². The Labute approximate surface area is 145 Å². The number of hydrogen-bond acceptors (Lipinski definition) is 3. The summed E-state index contributed by atoms with van der Waals surface area (Å²) in [4.78, 5) is 12.4. The summed E-state index contributed by atoms with van der Waals surface area (Å²) in [5.74, 6) is 0.203. The van der Waals surface area contributed by atoms with Crippen LogP contribution in [0.5, 0.6) is 5.75 Å². The lowest BCUT2D eigenvalue weighted by molar-refractivity contribution is 0.0974. The first kappa shape index (κ1) is 17.2. The molecule has 0 heterocycles. The summed E-state index contributed by atoms with van der Waals surface area (Å²) in [7, 11) is 1.53. The van der Waals surface area contributed by atoms with Crippen LogP contribution in [0.1, 0.15) is 21.5 Å². The zero-order chi connectivity index (χ0) is 17.0. The molecule has 2 aromatic rings. The molecular formula is C17H17ClN2O2S. The highest BCUT2D eigenvalue weighted by Gasteiger charge is 2.15. The summed E-state index contributed by atoms with van der Waals surface area (Å²) in [5.41, 5.74) is 2.92. The Hall–Kier alpha value is -2.11. The van der Waals surface area contributed by atoms with Crippen LogP contribution in [0.4, 0.5) is 5.69 Å². The lowest BCUT2D eigenvalue weighted by Gasteiger charge is -2.14. The van der Waals surface area contributed by atoms with Crippen LogP contribution >= 0.6 is 23.8 Å². The Kier molecular flexibility index (Phi) is 5.58. The summed E-state index contributed by atoms with van der Waals surface area (Å²) < 4.78 is 5.29. The van der Waals surface area contributed by atoms with Crippen LogP contribution < -0.4 is 15.4 Å². The number of rotatable bonds is 3. The van der Waals surface area contributed by atoms with Gasteiger partial charge in [0, 0.05) is 10.7 Å². The molecular weight excluding hydrogens is 332 g/mol. The minimum absolute atomic E-state index is 0.198. The average molecular weight is 349 g/mol. The molecule has 0 aliphatic rings. The van der Waals surface area contributed by atoms with E-state index in [0.29, 0.717) is 16.3 Å². The topological polar surface area (TPSA) is 50.4 Å². The maximum absolute atomic E-state index is 12.4. The third-order valence-electron chi connectivity index (χ3n) is 3.40. The van der Waals surface area contributed by atoms with E-state index < -0.39 is 0 Å². The molecule has 6 heteroatoms. The zero-order valence-corrected chi connectivity index (χ0v) is 14.6. The SMILES string of the molecule is COc1c(C)cccc1C(=O)NC(=S)Nc1cccc(Cl)c1C. The number of methoxy groups -OCH3 is 1. The lowest BCUT2D eigenvalue weighted by Crippen LogP contribution is -2.34. The van der Waals surface area contributed by atoms with E-state index in [4.69, 9.17) is 28.6 Å². The monoisotopic (exact) mass is 348 g/mol. The number of halogens is 1. The van der Waals surface area contributed by atoms with Crippen molar-refractivity contribution in [3.63, 3.8) is 0 Å². The fourth-order valence-electron chi connectivity index (χ4n) is 2.17. The Morgan fingerprint density at radius 3 is 2.57 bits per heavy atom. The first-order chi connectivity index (χ1) is 10.9. The van der Waals surface area contributed by atoms with Crippen LogP contribution in [0.3, 0.4) is 0 Å². The normalized spacial score (nSPS) is 10.1. The Morgan fingerprint density at radius 1 is 1.17 bits per heavy atom. The number of amides is 1. The number of anilines is 1. The Morgan fingerprint density at radius 2 is 1.87 bits per heavy atom. The van der Waals surface area contributed by atoms with E-state index >= 15 is 0 Å². The molecule has 0 saturated carbocycles. The van der Waals surface area contributed by atoms with Crippen LogP contribution in [0.2, 0.25) is 5.02 Å². The van der Waals surface area contributed by atoms with E-state index in [2.05, 4.69) is 10.6 Å². The second-order valence-corrected chi connectivity index (χ2v) is 5.79. The Bertz CT molecular complexity index is 762. The lowest BCUT2D eigenvalue weighted by atomic mass is 10.1. The van der Waals surface area contributed by atoms with Gasteiger partial charge in [-0.15, -0.1) is 0 Å². The van der Waals surface area contributed by atoms with Gasteiger partial charge in [0.2, 0.25) is 0 Å². The maximum Gasteiger partial charge on any atom is 0.261 e. The fraction of sp³-hybridized carbons (Fsp3) is 0.176. The van der Waals surface area contributed by atoms with Gasteiger partial charge in [-0.3, -0.25) is 10.1 Å². The number of para-hydroxylation sites is 1. The minimum Gasteiger partial charge on any atom is -0.496 e. The summed E-state index contributed by atoms with van der Waals surface area (Å²) in [5, 5.41) is 6.46. The van der Waals surface area contributed by atoms with Gasteiger partial charge in [-0.2, -0.15) is 0 Å². The van der Waals surface area contributed by atoms with Gasteiger partial charge < -0.3 is 10.1 Å². The highest BCUT2D eigenvalue weighted by Crippen LogP contribution is 2.24. The van der Waals surface area contributed by atoms with E-state index in [1.54, 1.807) is 18.2 Å². The molecule has 0 atom stereocenters. The molecule has 2 rings (SSSR count). The van der Waals surface area contributed by atoms with Crippen LogP contribution in [0, 0.1) is 13.8 Å². The smallest absolute Gasteiger partial charge is 0.261 e. The molecule has 0 aliphatic heterocycles. The molecule has 2 N–H and O–H groups in total. The molecule has 1 amide bonds. The average Bonchev–Trinajstić information content (AvgIpc) is 2.51. The van der Waals surface area contributed by atoms with Gasteiger partial charge in [-0.1, -0.05) is 29.8 Å². The van der Waals surface area contributed by atoms with E-state index in [-0.39, 0.29) is 11.0 Å². The van der Waals surface area contributed by atoms with Gasteiger partial charge in [-0.05, 0) is 55.4 Å². The van der Waals surface area contributed by atoms with Gasteiger partial charge in [0.1, 0.15) is 5.75 Å². The van der Waals surface area contributed by atoms with Gasteiger partial charge in [0.15, 0.2) is 5.11 Å². The number of carbonyl (C=O) groups is 1. The summed E-state index contributed by atoms with van der Waals surface area (Å²) in [6.07, 6.45) is 0. The van der Waals surface area contributed by atoms with Crippen molar-refractivity contribution in [1.82, 2.24) is 5.32 Å². The molecule has 23 heavy (non-hydrogen) atoms. The third-order valence-corrected chi connectivity index (χ3v) is 4.02. The molecule has 2 aromatic carbocycles. The molecule has 0 unspecified atom stereocenters. The second-order valence-electron chi connectivity index (χ2n) is 4.98. The van der Waals surface area contributed by atoms with Crippen molar-refractivity contribution < 1.29 is 9.53 Å². The zero-order valence-electron chi connectivity index (χ0n) is 13.1. The summed E-state index contributed by atoms with van der Waals surface area (Å²) in [6, 6.07) is 10.8. The summed E-state index contributed by atoms with van der Waals surface area (Å²) >= 11 is 11.3. The number of nitrogens with one attached hydrogen (secondary N) is 2. The molecule has 0 fully saturated rings. The van der Waals surface area contributed by atoms with E-state index in [9.17, 15) is 4.79 Å².